The lowest BCUT2D eigenvalue weighted by atomic mass is 10.1. The van der Waals surface area contributed by atoms with E-state index in [1.807, 2.05) is 0 Å². The summed E-state index contributed by atoms with van der Waals surface area (Å²) in [4.78, 5) is 43.3. The molecule has 3 aromatic rings. The molecule has 1 atom stereocenters. The van der Waals surface area contributed by atoms with Crippen molar-refractivity contribution in [3.8, 4) is 0 Å². The summed E-state index contributed by atoms with van der Waals surface area (Å²) in [6, 6.07) is 6.90. The molecule has 0 spiro atoms. The smallest absolute Gasteiger partial charge is 0.272 e. The van der Waals surface area contributed by atoms with Crippen LogP contribution in [0.4, 0.5) is 18.9 Å². The van der Waals surface area contributed by atoms with Crippen molar-refractivity contribution < 1.29 is 27.7 Å². The second kappa shape index (κ2) is 8.59. The maximum absolute atomic E-state index is 12.9. The number of carbonyl (C=O) groups excluding carboxylic acids is 2. The fraction of sp³-hybridized carbons (Fsp3) is 0.158. The molecule has 2 aromatic carbocycles. The number of hydrazine groups is 1. The van der Waals surface area contributed by atoms with Gasteiger partial charge in [0.05, 0.1) is 21.8 Å². The van der Waals surface area contributed by atoms with E-state index in [4.69, 9.17) is 0 Å². The van der Waals surface area contributed by atoms with Crippen molar-refractivity contribution in [1.82, 2.24) is 20.4 Å². The first-order chi connectivity index (χ1) is 15.5. The van der Waals surface area contributed by atoms with E-state index in [1.165, 1.54) is 30.0 Å². The van der Waals surface area contributed by atoms with Crippen molar-refractivity contribution in [3.05, 3.63) is 74.1 Å². The number of nitrogens with one attached hydrogen (secondary N) is 1. The van der Waals surface area contributed by atoms with E-state index >= 15 is 0 Å². The lowest BCUT2D eigenvalue weighted by Crippen LogP contribution is -2.45. The third-order valence-electron chi connectivity index (χ3n) is 4.66. The van der Waals surface area contributed by atoms with Gasteiger partial charge in [-0.1, -0.05) is 15.9 Å². The number of benzene rings is 2. The van der Waals surface area contributed by atoms with Gasteiger partial charge in [0, 0.05) is 33.8 Å². The highest BCUT2D eigenvalue weighted by Gasteiger charge is 2.36. The van der Waals surface area contributed by atoms with Crippen molar-refractivity contribution >= 4 is 56.1 Å². The van der Waals surface area contributed by atoms with E-state index in [9.17, 15) is 32.9 Å². The zero-order valence-corrected chi connectivity index (χ0v) is 18.6. The monoisotopic (exact) mass is 541 g/mol. The summed E-state index contributed by atoms with van der Waals surface area (Å²) < 4.78 is 39.0. The van der Waals surface area contributed by atoms with Crippen molar-refractivity contribution in [3.63, 3.8) is 0 Å². The van der Waals surface area contributed by atoms with E-state index < -0.39 is 33.9 Å². The van der Waals surface area contributed by atoms with Crippen molar-refractivity contribution in [2.45, 2.75) is 11.6 Å². The largest absolute Gasteiger partial charge is 0.416 e. The van der Waals surface area contributed by atoms with Crippen LogP contribution in [0, 0.1) is 10.1 Å². The van der Waals surface area contributed by atoms with Gasteiger partial charge in [0.2, 0.25) is 5.82 Å². The van der Waals surface area contributed by atoms with Gasteiger partial charge in [-0.15, -0.1) is 11.8 Å². The average Bonchev–Trinajstić information content (AvgIpc) is 3.12. The summed E-state index contributed by atoms with van der Waals surface area (Å²) in [5, 5.41) is 11.4. The Morgan fingerprint density at radius 3 is 2.70 bits per heavy atom. The number of alkyl halides is 3. The molecular formula is C19H11BrF3N5O4S. The van der Waals surface area contributed by atoms with E-state index in [0.29, 0.717) is 10.0 Å². The highest BCUT2D eigenvalue weighted by atomic mass is 79.9. The first-order valence-corrected chi connectivity index (χ1v) is 10.9. The number of hydrogen-bond donors (Lipinski definition) is 1. The van der Waals surface area contributed by atoms with Crippen LogP contribution in [-0.4, -0.2) is 37.5 Å². The molecular weight excluding hydrogens is 531 g/mol. The number of hydrogen-bond acceptors (Lipinski definition) is 7. The molecule has 0 saturated carbocycles. The lowest BCUT2D eigenvalue weighted by Gasteiger charge is -2.24. The molecule has 1 aliphatic heterocycles. The zero-order chi connectivity index (χ0) is 23.9. The molecule has 0 radical (unpaired) electrons. The standard InChI is InChI=1S/C19H11BrF3N5O4S/c20-13-6-11(28(31)32)2-3-12(13)18-27(15(29)8-33-18)26-17(30)16-24-7-9-5-10(19(21,22)23)1-4-14(9)25-16/h1-7,18H,8H2,(H,26,30). The molecule has 14 heteroatoms. The molecule has 0 bridgehead atoms. The van der Waals surface area contributed by atoms with Crippen LogP contribution >= 0.6 is 27.7 Å². The predicted molar refractivity (Wildman–Crippen MR) is 115 cm³/mol. The Balaban J connectivity index is 1.58. The van der Waals surface area contributed by atoms with Gasteiger partial charge in [-0.2, -0.15) is 13.2 Å². The van der Waals surface area contributed by atoms with E-state index in [-0.39, 0.29) is 28.2 Å². The summed E-state index contributed by atoms with van der Waals surface area (Å²) in [5.41, 5.74) is 2.06. The Morgan fingerprint density at radius 2 is 2.03 bits per heavy atom. The lowest BCUT2D eigenvalue weighted by molar-refractivity contribution is -0.384. The third kappa shape index (κ3) is 4.61. The topological polar surface area (TPSA) is 118 Å². The minimum absolute atomic E-state index is 0.0488. The molecule has 33 heavy (non-hydrogen) atoms. The molecule has 1 N–H and O–H groups in total. The van der Waals surface area contributed by atoms with Crippen LogP contribution in [0.15, 0.2) is 47.1 Å². The molecule has 170 valence electrons. The fourth-order valence-corrected chi connectivity index (χ4v) is 4.96. The Labute approximate surface area is 195 Å². The first kappa shape index (κ1) is 22.9. The molecule has 4 rings (SSSR count). The Bertz CT molecular complexity index is 1310. The van der Waals surface area contributed by atoms with Crippen molar-refractivity contribution in [1.29, 1.82) is 0 Å². The molecule has 1 aliphatic rings. The Kier molecular flexibility index (Phi) is 5.97. The van der Waals surface area contributed by atoms with Gasteiger partial charge in [0.15, 0.2) is 0 Å². The van der Waals surface area contributed by atoms with Gasteiger partial charge in [-0.25, -0.2) is 15.0 Å². The maximum atomic E-state index is 12.9. The maximum Gasteiger partial charge on any atom is 0.416 e. The molecule has 1 unspecified atom stereocenters. The number of nitrogens with zero attached hydrogens (tertiary/aromatic N) is 4. The number of nitro benzene ring substituents is 1. The van der Waals surface area contributed by atoms with Crippen LogP contribution < -0.4 is 5.43 Å². The molecule has 2 amide bonds. The van der Waals surface area contributed by atoms with Crippen LogP contribution in [-0.2, 0) is 11.0 Å². The number of amides is 2. The van der Waals surface area contributed by atoms with Crippen molar-refractivity contribution in [2.75, 3.05) is 5.75 Å². The van der Waals surface area contributed by atoms with E-state index in [2.05, 4.69) is 31.3 Å². The zero-order valence-electron chi connectivity index (χ0n) is 16.2. The highest BCUT2D eigenvalue weighted by Crippen LogP contribution is 2.41. The number of carbonyl (C=O) groups is 2. The number of fused-ring (bicyclic) bond motifs is 1. The Morgan fingerprint density at radius 1 is 1.27 bits per heavy atom. The Hall–Kier alpha value is -3.26. The van der Waals surface area contributed by atoms with Crippen LogP contribution in [0.1, 0.15) is 27.1 Å². The predicted octanol–water partition coefficient (Wildman–Crippen LogP) is 4.24. The normalized spacial score (nSPS) is 16.3. The summed E-state index contributed by atoms with van der Waals surface area (Å²) >= 11 is 4.46. The second-order valence-electron chi connectivity index (χ2n) is 6.80. The third-order valence-corrected chi connectivity index (χ3v) is 6.54. The van der Waals surface area contributed by atoms with Crippen LogP contribution in [0.5, 0.6) is 0 Å². The summed E-state index contributed by atoms with van der Waals surface area (Å²) in [6.07, 6.45) is -3.43. The minimum Gasteiger partial charge on any atom is -0.272 e. The van der Waals surface area contributed by atoms with Gasteiger partial charge >= 0.3 is 12.1 Å². The van der Waals surface area contributed by atoms with Gasteiger partial charge in [-0.3, -0.25) is 25.1 Å². The van der Waals surface area contributed by atoms with E-state index in [1.54, 1.807) is 0 Å². The number of nitro groups is 1. The average molecular weight is 542 g/mol. The SMILES string of the molecule is O=C(NN1C(=O)CSC1c1ccc([N+](=O)[O-])cc1Br)c1ncc2cc(C(F)(F)F)ccc2n1. The molecule has 0 aliphatic carbocycles. The first-order valence-electron chi connectivity index (χ1n) is 9.07. The van der Waals surface area contributed by atoms with E-state index in [0.717, 1.165) is 29.4 Å². The molecule has 9 nitrogen and oxygen atoms in total. The van der Waals surface area contributed by atoms with Gasteiger partial charge < -0.3 is 0 Å². The van der Waals surface area contributed by atoms with Crippen LogP contribution in [0.25, 0.3) is 10.9 Å². The summed E-state index contributed by atoms with van der Waals surface area (Å²) in [5.74, 6) is -1.55. The quantitative estimate of drug-likeness (QED) is 0.387. The van der Waals surface area contributed by atoms with Gasteiger partial charge in [0.1, 0.15) is 5.37 Å². The van der Waals surface area contributed by atoms with Gasteiger partial charge in [0.25, 0.3) is 11.6 Å². The number of thioether (sulfide) groups is 1. The molecule has 1 fully saturated rings. The number of halogens is 4. The number of non-ortho nitro benzene ring substituents is 1. The van der Waals surface area contributed by atoms with Crippen molar-refractivity contribution in [2.24, 2.45) is 0 Å². The second-order valence-corrected chi connectivity index (χ2v) is 8.72. The summed E-state index contributed by atoms with van der Waals surface area (Å²) in [6.45, 7) is 0. The molecule has 1 aromatic heterocycles. The molecule has 1 saturated heterocycles. The minimum atomic E-state index is -4.53. The molecule has 2 heterocycles. The number of rotatable bonds is 4. The van der Waals surface area contributed by atoms with Crippen LogP contribution in [0.2, 0.25) is 0 Å². The van der Waals surface area contributed by atoms with Gasteiger partial charge in [-0.05, 0) is 24.3 Å². The number of aromatic nitrogens is 2. The van der Waals surface area contributed by atoms with Crippen LogP contribution in [0.3, 0.4) is 0 Å². The summed E-state index contributed by atoms with van der Waals surface area (Å²) in [7, 11) is 0. The highest BCUT2D eigenvalue weighted by molar-refractivity contribution is 9.10. The fourth-order valence-electron chi connectivity index (χ4n) is 3.08.